The summed E-state index contributed by atoms with van der Waals surface area (Å²) >= 11 is 0. The minimum Gasteiger partial charge on any atom is -0.467 e. The predicted molar refractivity (Wildman–Crippen MR) is 58.6 cm³/mol. The molecule has 1 aliphatic carbocycles. The van der Waals surface area contributed by atoms with Crippen LogP contribution < -0.4 is 5.32 Å². The first-order valence-corrected chi connectivity index (χ1v) is 5.73. The van der Waals surface area contributed by atoms with E-state index in [0.29, 0.717) is 0 Å². The van der Waals surface area contributed by atoms with Gasteiger partial charge in [0.1, 0.15) is 6.04 Å². The van der Waals surface area contributed by atoms with Gasteiger partial charge in [0.15, 0.2) is 0 Å². The minimum absolute atomic E-state index is 0.0124. The molecule has 0 radical (unpaired) electrons. The number of rotatable bonds is 1. The Hall–Kier alpha value is -1.06. The van der Waals surface area contributed by atoms with Crippen LogP contribution in [0.2, 0.25) is 0 Å². The average molecular weight is 225 g/mol. The quantitative estimate of drug-likeness (QED) is 0.680. The van der Waals surface area contributed by atoms with Crippen LogP contribution in [0.25, 0.3) is 0 Å². The summed E-state index contributed by atoms with van der Waals surface area (Å²) in [5, 5.41) is 2.81. The molecule has 2 bridgehead atoms. The molecule has 90 valence electrons. The molecule has 0 aromatic carbocycles. The van der Waals surface area contributed by atoms with Crippen LogP contribution in [-0.2, 0) is 14.3 Å². The Balaban J connectivity index is 2.38. The summed E-state index contributed by atoms with van der Waals surface area (Å²) in [6, 6.07) is -0.469. The number of fused-ring (bicyclic) bond motifs is 2. The molecule has 4 heteroatoms. The second-order valence-electron chi connectivity index (χ2n) is 5.67. The van der Waals surface area contributed by atoms with Gasteiger partial charge in [-0.15, -0.1) is 0 Å². The summed E-state index contributed by atoms with van der Waals surface area (Å²) in [7, 11) is 1.37. The Bertz CT molecular complexity index is 350. The molecule has 0 unspecified atom stereocenters. The number of hydrogen-bond donors (Lipinski definition) is 1. The maximum atomic E-state index is 12.1. The molecule has 16 heavy (non-hydrogen) atoms. The normalized spacial score (nSPS) is 40.4. The van der Waals surface area contributed by atoms with Gasteiger partial charge >= 0.3 is 5.97 Å². The van der Waals surface area contributed by atoms with E-state index in [2.05, 4.69) is 19.2 Å². The van der Waals surface area contributed by atoms with E-state index in [1.54, 1.807) is 0 Å². The van der Waals surface area contributed by atoms with Gasteiger partial charge in [-0.2, -0.15) is 0 Å². The monoisotopic (exact) mass is 225 g/mol. The molecule has 0 aromatic heterocycles. The zero-order chi connectivity index (χ0) is 12.1. The Morgan fingerprint density at radius 2 is 2.06 bits per heavy atom. The number of methoxy groups -OCH3 is 1. The van der Waals surface area contributed by atoms with Crippen LogP contribution in [-0.4, -0.2) is 25.0 Å². The number of esters is 1. The highest BCUT2D eigenvalue weighted by molar-refractivity contribution is 5.91. The van der Waals surface area contributed by atoms with E-state index in [1.165, 1.54) is 7.11 Å². The van der Waals surface area contributed by atoms with E-state index < -0.39 is 6.04 Å². The molecule has 2 fully saturated rings. The van der Waals surface area contributed by atoms with Crippen molar-refractivity contribution in [2.24, 2.45) is 16.7 Å². The molecule has 2 aliphatic rings. The van der Waals surface area contributed by atoms with E-state index in [9.17, 15) is 9.59 Å². The van der Waals surface area contributed by atoms with Crippen molar-refractivity contribution in [3.05, 3.63) is 0 Å². The van der Waals surface area contributed by atoms with Crippen LogP contribution in [0.1, 0.15) is 33.6 Å². The largest absolute Gasteiger partial charge is 0.467 e. The lowest BCUT2D eigenvalue weighted by atomic mass is 9.61. The van der Waals surface area contributed by atoms with E-state index in [4.69, 9.17) is 4.74 Å². The summed E-state index contributed by atoms with van der Waals surface area (Å²) in [6.45, 7) is 6.16. The number of nitrogens with one attached hydrogen (secondary N) is 1. The number of piperidine rings is 1. The van der Waals surface area contributed by atoms with Crippen molar-refractivity contribution < 1.29 is 14.3 Å². The highest BCUT2D eigenvalue weighted by Gasteiger charge is 2.63. The maximum Gasteiger partial charge on any atom is 0.328 e. The first-order chi connectivity index (χ1) is 7.34. The van der Waals surface area contributed by atoms with Gasteiger partial charge in [-0.25, -0.2) is 4.79 Å². The van der Waals surface area contributed by atoms with Crippen molar-refractivity contribution in [2.45, 2.75) is 39.7 Å². The van der Waals surface area contributed by atoms with Crippen LogP contribution in [0.5, 0.6) is 0 Å². The highest BCUT2D eigenvalue weighted by Crippen LogP contribution is 2.59. The van der Waals surface area contributed by atoms with Crippen LogP contribution in [0, 0.1) is 16.7 Å². The molecular formula is C12H19NO3. The first kappa shape index (κ1) is 11.4. The van der Waals surface area contributed by atoms with E-state index in [0.717, 1.165) is 12.8 Å². The molecule has 1 saturated heterocycles. The molecule has 1 aliphatic heterocycles. The third kappa shape index (κ3) is 1.16. The standard InChI is InChI=1S/C12H19NO3/c1-11(2)7-5-6-12(11,3)10(15)13-8(7)9(14)16-4/h7-8H,5-6H2,1-4H3,(H,13,15)/t7-,8+,12-/m1/s1. The molecule has 1 saturated carbocycles. The smallest absolute Gasteiger partial charge is 0.328 e. The molecule has 0 spiro atoms. The van der Waals surface area contributed by atoms with Gasteiger partial charge in [-0.1, -0.05) is 20.8 Å². The van der Waals surface area contributed by atoms with Gasteiger partial charge in [0.05, 0.1) is 12.5 Å². The Labute approximate surface area is 95.7 Å². The lowest BCUT2D eigenvalue weighted by Gasteiger charge is -2.47. The summed E-state index contributed by atoms with van der Waals surface area (Å²) in [4.78, 5) is 23.8. The molecular weight excluding hydrogens is 206 g/mol. The third-order valence-electron chi connectivity index (χ3n) is 4.95. The average Bonchev–Trinajstić information content (AvgIpc) is 2.38. The molecule has 1 amide bonds. The lowest BCUT2D eigenvalue weighted by Crippen LogP contribution is -2.61. The van der Waals surface area contributed by atoms with E-state index in [1.807, 2.05) is 6.92 Å². The fourth-order valence-electron chi connectivity index (χ4n) is 3.28. The predicted octanol–water partition coefficient (Wildman–Crippen LogP) is 1.10. The molecule has 4 nitrogen and oxygen atoms in total. The number of hydrogen-bond acceptors (Lipinski definition) is 3. The van der Waals surface area contributed by atoms with Gasteiger partial charge in [0.2, 0.25) is 5.91 Å². The second-order valence-corrected chi connectivity index (χ2v) is 5.67. The SMILES string of the molecule is COC(=O)[C@H]1NC(=O)[C@@]2(C)CC[C@H]1C2(C)C. The topological polar surface area (TPSA) is 55.4 Å². The van der Waals surface area contributed by atoms with Gasteiger partial charge in [-0.05, 0) is 24.2 Å². The molecule has 3 atom stereocenters. The lowest BCUT2D eigenvalue weighted by molar-refractivity contribution is -0.157. The van der Waals surface area contributed by atoms with E-state index >= 15 is 0 Å². The molecule has 2 rings (SSSR count). The summed E-state index contributed by atoms with van der Waals surface area (Å²) in [6.07, 6.45) is 1.76. The highest BCUT2D eigenvalue weighted by atomic mass is 16.5. The Kier molecular flexibility index (Phi) is 2.30. The molecule has 1 N–H and O–H groups in total. The fourth-order valence-corrected chi connectivity index (χ4v) is 3.28. The molecule has 0 aromatic rings. The molecule has 1 heterocycles. The zero-order valence-electron chi connectivity index (χ0n) is 10.3. The second kappa shape index (κ2) is 3.22. The maximum absolute atomic E-state index is 12.1. The number of carbonyl (C=O) groups is 2. The van der Waals surface area contributed by atoms with Gasteiger partial charge in [0, 0.05) is 0 Å². The van der Waals surface area contributed by atoms with Crippen molar-refractivity contribution in [1.29, 1.82) is 0 Å². The zero-order valence-corrected chi connectivity index (χ0v) is 10.3. The summed E-state index contributed by atoms with van der Waals surface area (Å²) in [5.74, 6) is -0.153. The van der Waals surface area contributed by atoms with Gasteiger partial charge in [-0.3, -0.25) is 4.79 Å². The Morgan fingerprint density at radius 1 is 1.44 bits per heavy atom. The minimum atomic E-state index is -0.469. The van der Waals surface area contributed by atoms with Crippen molar-refractivity contribution >= 4 is 11.9 Å². The van der Waals surface area contributed by atoms with Crippen LogP contribution >= 0.6 is 0 Å². The van der Waals surface area contributed by atoms with Gasteiger partial charge < -0.3 is 10.1 Å². The Morgan fingerprint density at radius 3 is 2.62 bits per heavy atom. The van der Waals surface area contributed by atoms with Crippen molar-refractivity contribution in [3.63, 3.8) is 0 Å². The third-order valence-corrected chi connectivity index (χ3v) is 4.95. The van der Waals surface area contributed by atoms with Crippen LogP contribution in [0.15, 0.2) is 0 Å². The fraction of sp³-hybridized carbons (Fsp3) is 0.833. The number of carbonyl (C=O) groups excluding carboxylic acids is 2. The summed E-state index contributed by atoms with van der Waals surface area (Å²) in [5.41, 5.74) is -0.490. The van der Waals surface area contributed by atoms with Crippen molar-refractivity contribution in [1.82, 2.24) is 5.32 Å². The van der Waals surface area contributed by atoms with E-state index in [-0.39, 0.29) is 28.6 Å². The first-order valence-electron chi connectivity index (χ1n) is 5.73. The van der Waals surface area contributed by atoms with Crippen molar-refractivity contribution in [3.8, 4) is 0 Å². The number of ether oxygens (including phenoxy) is 1. The summed E-state index contributed by atoms with van der Waals surface area (Å²) < 4.78 is 4.76. The number of amides is 1. The van der Waals surface area contributed by atoms with Gasteiger partial charge in [0.25, 0.3) is 0 Å². The van der Waals surface area contributed by atoms with Crippen LogP contribution in [0.4, 0.5) is 0 Å². The van der Waals surface area contributed by atoms with Crippen LogP contribution in [0.3, 0.4) is 0 Å². The van der Waals surface area contributed by atoms with Crippen molar-refractivity contribution in [2.75, 3.05) is 7.11 Å².